The summed E-state index contributed by atoms with van der Waals surface area (Å²) in [5.41, 5.74) is 8.76. The smallest absolute Gasteiger partial charge is 0.0151 e. The molecule has 0 radical (unpaired) electrons. The summed E-state index contributed by atoms with van der Waals surface area (Å²) >= 11 is 0. The fraction of sp³-hybridized carbons (Fsp3) is 1.00. The second kappa shape index (κ2) is 2.26. The van der Waals surface area contributed by atoms with E-state index >= 15 is 0 Å². The molecule has 1 saturated heterocycles. The zero-order valence-corrected chi connectivity index (χ0v) is 4.49. The van der Waals surface area contributed by atoms with Crippen LogP contribution < -0.4 is 16.4 Å². The van der Waals surface area contributed by atoms with E-state index in [1.807, 2.05) is 0 Å². The third-order valence-electron chi connectivity index (χ3n) is 1.08. The summed E-state index contributed by atoms with van der Waals surface area (Å²) in [6, 6.07) is 0. The van der Waals surface area contributed by atoms with Gasteiger partial charge < -0.3 is 0 Å². The van der Waals surface area contributed by atoms with Crippen LogP contribution in [0.5, 0.6) is 0 Å². The lowest BCUT2D eigenvalue weighted by molar-refractivity contribution is 0.306. The maximum atomic E-state index is 2.97. The lowest BCUT2D eigenvalue weighted by Crippen LogP contribution is -2.53. The van der Waals surface area contributed by atoms with Gasteiger partial charge in [-0.05, 0) is 5.92 Å². The van der Waals surface area contributed by atoms with Crippen LogP contribution in [0.15, 0.2) is 0 Å². The van der Waals surface area contributed by atoms with Crippen molar-refractivity contribution in [2.24, 2.45) is 5.92 Å². The molecule has 3 heteroatoms. The van der Waals surface area contributed by atoms with E-state index in [0.29, 0.717) is 0 Å². The van der Waals surface area contributed by atoms with Gasteiger partial charge in [0, 0.05) is 13.1 Å². The SMILES string of the molecule is CC1CNNNC1. The van der Waals surface area contributed by atoms with E-state index in [2.05, 4.69) is 23.3 Å². The van der Waals surface area contributed by atoms with Crippen LogP contribution >= 0.6 is 0 Å². The van der Waals surface area contributed by atoms with Crippen LogP contribution in [-0.2, 0) is 0 Å². The van der Waals surface area contributed by atoms with Gasteiger partial charge in [-0.15, -0.1) is 0 Å². The molecular formula is C4H11N3. The number of hydrogen-bond donors (Lipinski definition) is 3. The fourth-order valence-corrected chi connectivity index (χ4v) is 0.585. The molecule has 1 aliphatic rings. The standard InChI is InChI=1S/C4H11N3/c1-4-2-5-7-6-3-4/h4-7H,2-3H2,1H3. The molecule has 7 heavy (non-hydrogen) atoms. The molecular weight excluding hydrogens is 90.1 g/mol. The minimum atomic E-state index is 0.751. The van der Waals surface area contributed by atoms with Gasteiger partial charge in [-0.25, -0.2) is 10.9 Å². The zero-order valence-electron chi connectivity index (χ0n) is 4.49. The topological polar surface area (TPSA) is 36.1 Å². The molecule has 0 unspecified atom stereocenters. The van der Waals surface area contributed by atoms with E-state index in [9.17, 15) is 0 Å². The van der Waals surface area contributed by atoms with Crippen molar-refractivity contribution in [3.05, 3.63) is 0 Å². The Morgan fingerprint density at radius 1 is 1.29 bits per heavy atom. The van der Waals surface area contributed by atoms with E-state index in [1.54, 1.807) is 0 Å². The number of nitrogens with one attached hydrogen (secondary N) is 3. The summed E-state index contributed by atoms with van der Waals surface area (Å²) in [5.74, 6) is 0.751. The van der Waals surface area contributed by atoms with Gasteiger partial charge >= 0.3 is 0 Å². The van der Waals surface area contributed by atoms with Crippen molar-refractivity contribution in [1.82, 2.24) is 16.4 Å². The van der Waals surface area contributed by atoms with Crippen LogP contribution in [0.3, 0.4) is 0 Å². The van der Waals surface area contributed by atoms with Crippen molar-refractivity contribution in [2.45, 2.75) is 6.92 Å². The van der Waals surface area contributed by atoms with Crippen molar-refractivity contribution < 1.29 is 0 Å². The first-order valence-corrected chi connectivity index (χ1v) is 2.60. The van der Waals surface area contributed by atoms with Gasteiger partial charge in [-0.3, -0.25) is 0 Å². The summed E-state index contributed by atoms with van der Waals surface area (Å²) in [6.07, 6.45) is 0. The maximum absolute atomic E-state index is 2.97. The Morgan fingerprint density at radius 2 is 1.86 bits per heavy atom. The molecule has 0 aliphatic carbocycles. The second-order valence-corrected chi connectivity index (χ2v) is 1.99. The molecule has 0 spiro atoms. The van der Waals surface area contributed by atoms with E-state index in [4.69, 9.17) is 0 Å². The Labute approximate surface area is 43.4 Å². The molecule has 0 aromatic rings. The minimum absolute atomic E-state index is 0.751. The van der Waals surface area contributed by atoms with E-state index in [0.717, 1.165) is 19.0 Å². The van der Waals surface area contributed by atoms with Gasteiger partial charge in [0.15, 0.2) is 0 Å². The van der Waals surface area contributed by atoms with Crippen LogP contribution in [-0.4, -0.2) is 13.1 Å². The molecule has 0 amide bonds. The van der Waals surface area contributed by atoms with E-state index < -0.39 is 0 Å². The molecule has 1 rings (SSSR count). The number of hydrogen-bond acceptors (Lipinski definition) is 3. The van der Waals surface area contributed by atoms with Crippen LogP contribution in [0.4, 0.5) is 0 Å². The minimum Gasteiger partial charge on any atom is -0.244 e. The normalized spacial score (nSPS) is 25.3. The quantitative estimate of drug-likeness (QED) is 0.375. The lowest BCUT2D eigenvalue weighted by atomic mass is 10.2. The van der Waals surface area contributed by atoms with Crippen LogP contribution in [0.25, 0.3) is 0 Å². The molecule has 42 valence electrons. The Balaban J connectivity index is 2.12. The van der Waals surface area contributed by atoms with Crippen molar-refractivity contribution in [1.29, 1.82) is 0 Å². The molecule has 1 heterocycles. The largest absolute Gasteiger partial charge is 0.244 e. The summed E-state index contributed by atoms with van der Waals surface area (Å²) in [5, 5.41) is 0. The summed E-state index contributed by atoms with van der Waals surface area (Å²) in [7, 11) is 0. The monoisotopic (exact) mass is 101 g/mol. The first kappa shape index (κ1) is 5.03. The van der Waals surface area contributed by atoms with Crippen molar-refractivity contribution in [3.8, 4) is 0 Å². The Morgan fingerprint density at radius 3 is 2.14 bits per heavy atom. The molecule has 0 atom stereocenters. The predicted molar refractivity (Wildman–Crippen MR) is 28.3 cm³/mol. The molecule has 0 aromatic heterocycles. The van der Waals surface area contributed by atoms with Gasteiger partial charge in [0.25, 0.3) is 0 Å². The van der Waals surface area contributed by atoms with Crippen molar-refractivity contribution >= 4 is 0 Å². The highest BCUT2D eigenvalue weighted by Gasteiger charge is 2.03. The summed E-state index contributed by atoms with van der Waals surface area (Å²) in [4.78, 5) is 0. The van der Waals surface area contributed by atoms with Crippen LogP contribution in [0.1, 0.15) is 6.92 Å². The summed E-state index contributed by atoms with van der Waals surface area (Å²) < 4.78 is 0. The van der Waals surface area contributed by atoms with Gasteiger partial charge in [0.05, 0.1) is 0 Å². The molecule has 0 aromatic carbocycles. The molecule has 0 saturated carbocycles. The second-order valence-electron chi connectivity index (χ2n) is 1.99. The van der Waals surface area contributed by atoms with Gasteiger partial charge in [0.1, 0.15) is 0 Å². The Kier molecular flexibility index (Phi) is 1.62. The Bertz CT molecular complexity index is 48.9. The van der Waals surface area contributed by atoms with Crippen LogP contribution in [0.2, 0.25) is 0 Å². The highest BCUT2D eigenvalue weighted by Crippen LogP contribution is 1.88. The zero-order chi connectivity index (χ0) is 5.11. The van der Waals surface area contributed by atoms with E-state index in [1.165, 1.54) is 0 Å². The molecule has 1 fully saturated rings. The molecule has 0 bridgehead atoms. The first-order valence-electron chi connectivity index (χ1n) is 2.60. The highest BCUT2D eigenvalue weighted by atomic mass is 15.6. The molecule has 3 nitrogen and oxygen atoms in total. The number of hydrazine groups is 2. The lowest BCUT2D eigenvalue weighted by Gasteiger charge is -2.20. The molecule has 1 aliphatic heterocycles. The average Bonchev–Trinajstić information content (AvgIpc) is 1.69. The van der Waals surface area contributed by atoms with Gasteiger partial charge in [0.2, 0.25) is 0 Å². The van der Waals surface area contributed by atoms with Crippen molar-refractivity contribution in [3.63, 3.8) is 0 Å². The third kappa shape index (κ3) is 1.43. The van der Waals surface area contributed by atoms with Gasteiger partial charge in [-0.1, -0.05) is 6.92 Å². The van der Waals surface area contributed by atoms with E-state index in [-0.39, 0.29) is 0 Å². The maximum Gasteiger partial charge on any atom is 0.0151 e. The third-order valence-corrected chi connectivity index (χ3v) is 1.08. The predicted octanol–water partition coefficient (Wildman–Crippen LogP) is -0.765. The number of rotatable bonds is 0. The fourth-order valence-electron chi connectivity index (χ4n) is 0.585. The molecule has 3 N–H and O–H groups in total. The summed E-state index contributed by atoms with van der Waals surface area (Å²) in [6.45, 7) is 4.32. The van der Waals surface area contributed by atoms with Crippen LogP contribution in [0, 0.1) is 5.92 Å². The Hall–Kier alpha value is -0.120. The van der Waals surface area contributed by atoms with Crippen molar-refractivity contribution in [2.75, 3.05) is 13.1 Å². The highest BCUT2D eigenvalue weighted by molar-refractivity contribution is 4.59. The van der Waals surface area contributed by atoms with Gasteiger partial charge in [-0.2, -0.15) is 5.53 Å². The first-order chi connectivity index (χ1) is 3.39. The average molecular weight is 101 g/mol.